The molecule has 0 amide bonds. The molecule has 1 aromatic rings. The number of hydrogen-bond donors (Lipinski definition) is 1. The van der Waals surface area contributed by atoms with Gasteiger partial charge in [0.15, 0.2) is 17.4 Å². The van der Waals surface area contributed by atoms with Crippen molar-refractivity contribution in [3.8, 4) is 5.75 Å². The highest BCUT2D eigenvalue weighted by molar-refractivity contribution is 9.10. The van der Waals surface area contributed by atoms with Crippen molar-refractivity contribution < 1.29 is 23.4 Å². The highest BCUT2D eigenvalue weighted by Crippen LogP contribution is 2.34. The highest BCUT2D eigenvalue weighted by atomic mass is 79.9. The van der Waals surface area contributed by atoms with Crippen LogP contribution in [-0.2, 0) is 11.2 Å². The second-order valence-corrected chi connectivity index (χ2v) is 5.40. The summed E-state index contributed by atoms with van der Waals surface area (Å²) in [6.07, 6.45) is -0.0661. The monoisotopic (exact) mass is 322 g/mol. The van der Waals surface area contributed by atoms with E-state index in [-0.39, 0.29) is 16.5 Å². The van der Waals surface area contributed by atoms with E-state index < -0.39 is 28.8 Å². The van der Waals surface area contributed by atoms with Gasteiger partial charge in [0.2, 0.25) is 0 Å². The number of methoxy groups -OCH3 is 1. The van der Waals surface area contributed by atoms with E-state index in [9.17, 15) is 13.6 Å². The van der Waals surface area contributed by atoms with Gasteiger partial charge in [-0.3, -0.25) is 4.79 Å². The fourth-order valence-electron chi connectivity index (χ4n) is 1.49. The van der Waals surface area contributed by atoms with E-state index in [0.29, 0.717) is 0 Å². The molecule has 0 radical (unpaired) electrons. The van der Waals surface area contributed by atoms with Crippen LogP contribution in [0, 0.1) is 17.0 Å². The maximum Gasteiger partial charge on any atom is 0.309 e. The van der Waals surface area contributed by atoms with E-state index in [1.807, 2.05) is 0 Å². The van der Waals surface area contributed by atoms with Gasteiger partial charge < -0.3 is 9.84 Å². The Morgan fingerprint density at radius 3 is 2.44 bits per heavy atom. The maximum absolute atomic E-state index is 13.9. The number of carboxylic acid groups (broad SMARTS) is 1. The van der Waals surface area contributed by atoms with E-state index in [2.05, 4.69) is 20.7 Å². The molecule has 1 aromatic carbocycles. The van der Waals surface area contributed by atoms with Crippen molar-refractivity contribution in [1.29, 1.82) is 0 Å². The Morgan fingerprint density at radius 2 is 2.00 bits per heavy atom. The maximum atomic E-state index is 13.9. The van der Waals surface area contributed by atoms with E-state index in [1.165, 1.54) is 19.9 Å². The molecule has 0 unspecified atom stereocenters. The van der Waals surface area contributed by atoms with Gasteiger partial charge in [0.1, 0.15) is 0 Å². The van der Waals surface area contributed by atoms with Crippen LogP contribution in [0.3, 0.4) is 0 Å². The first-order valence-corrected chi connectivity index (χ1v) is 5.93. The zero-order valence-corrected chi connectivity index (χ0v) is 11.8. The lowest BCUT2D eigenvalue weighted by atomic mass is 9.85. The van der Waals surface area contributed by atoms with Gasteiger partial charge in [-0.05, 0) is 47.8 Å². The lowest BCUT2D eigenvalue weighted by Crippen LogP contribution is -2.26. The zero-order valence-electron chi connectivity index (χ0n) is 10.2. The molecule has 0 saturated heterocycles. The van der Waals surface area contributed by atoms with Gasteiger partial charge in [0.05, 0.1) is 17.0 Å². The summed E-state index contributed by atoms with van der Waals surface area (Å²) in [6.45, 7) is 2.94. The van der Waals surface area contributed by atoms with Gasteiger partial charge in [-0.15, -0.1) is 0 Å². The molecule has 0 aliphatic carbocycles. The molecule has 100 valence electrons. The summed E-state index contributed by atoms with van der Waals surface area (Å²) < 4.78 is 32.1. The molecule has 0 heterocycles. The fraction of sp³-hybridized carbons (Fsp3) is 0.417. The smallest absolute Gasteiger partial charge is 0.309 e. The van der Waals surface area contributed by atoms with E-state index in [1.54, 1.807) is 0 Å². The number of halogens is 3. The van der Waals surface area contributed by atoms with Crippen molar-refractivity contribution in [3.05, 3.63) is 27.7 Å². The summed E-state index contributed by atoms with van der Waals surface area (Å²) in [5, 5.41) is 9.00. The quantitative estimate of drug-likeness (QED) is 0.864. The molecule has 6 heteroatoms. The molecular weight excluding hydrogens is 310 g/mol. The van der Waals surface area contributed by atoms with E-state index in [4.69, 9.17) is 5.11 Å². The Kier molecular flexibility index (Phi) is 4.32. The Bertz CT molecular complexity index is 487. The Morgan fingerprint density at radius 1 is 1.44 bits per heavy atom. The van der Waals surface area contributed by atoms with Crippen molar-refractivity contribution in [3.63, 3.8) is 0 Å². The van der Waals surface area contributed by atoms with Gasteiger partial charge in [0.25, 0.3) is 0 Å². The third-order valence-electron chi connectivity index (χ3n) is 2.61. The number of rotatable bonds is 4. The number of benzene rings is 1. The molecule has 0 saturated carbocycles. The summed E-state index contributed by atoms with van der Waals surface area (Å²) >= 11 is 2.95. The van der Waals surface area contributed by atoms with Crippen molar-refractivity contribution >= 4 is 21.9 Å². The topological polar surface area (TPSA) is 46.5 Å². The molecule has 3 nitrogen and oxygen atoms in total. The minimum atomic E-state index is -1.15. The van der Waals surface area contributed by atoms with Crippen LogP contribution in [0.15, 0.2) is 10.5 Å². The summed E-state index contributed by atoms with van der Waals surface area (Å²) in [6, 6.07) is 1.23. The van der Waals surface area contributed by atoms with Gasteiger partial charge in [-0.2, -0.15) is 0 Å². The Balaban J connectivity index is 3.27. The molecule has 0 fully saturated rings. The first-order valence-electron chi connectivity index (χ1n) is 5.14. The molecule has 18 heavy (non-hydrogen) atoms. The van der Waals surface area contributed by atoms with Gasteiger partial charge in [-0.1, -0.05) is 0 Å². The summed E-state index contributed by atoms with van der Waals surface area (Å²) in [4.78, 5) is 11.0. The normalized spacial score (nSPS) is 11.4. The number of carbonyl (C=O) groups is 1. The summed E-state index contributed by atoms with van der Waals surface area (Å²) in [7, 11) is 1.15. The predicted molar refractivity (Wildman–Crippen MR) is 65.7 cm³/mol. The van der Waals surface area contributed by atoms with Crippen LogP contribution in [0.1, 0.15) is 19.4 Å². The molecule has 0 aromatic heterocycles. The molecule has 0 aliphatic rings. The minimum Gasteiger partial charge on any atom is -0.491 e. The average molecular weight is 323 g/mol. The molecule has 0 atom stereocenters. The third-order valence-corrected chi connectivity index (χ3v) is 3.18. The lowest BCUT2D eigenvalue weighted by molar-refractivity contribution is -0.146. The van der Waals surface area contributed by atoms with Crippen LogP contribution in [0.4, 0.5) is 8.78 Å². The van der Waals surface area contributed by atoms with Crippen molar-refractivity contribution in [2.24, 2.45) is 5.41 Å². The Hall–Kier alpha value is -1.17. The number of carboxylic acids is 1. The first-order chi connectivity index (χ1) is 8.20. The van der Waals surface area contributed by atoms with Gasteiger partial charge >= 0.3 is 5.97 Å². The van der Waals surface area contributed by atoms with E-state index >= 15 is 0 Å². The third kappa shape index (κ3) is 2.80. The van der Waals surface area contributed by atoms with E-state index in [0.717, 1.165) is 7.11 Å². The van der Waals surface area contributed by atoms with Crippen LogP contribution in [0.25, 0.3) is 0 Å². The van der Waals surface area contributed by atoms with Crippen LogP contribution in [-0.4, -0.2) is 18.2 Å². The average Bonchev–Trinajstić information content (AvgIpc) is 2.26. The summed E-state index contributed by atoms with van der Waals surface area (Å²) in [5.74, 6) is -3.28. The van der Waals surface area contributed by atoms with Crippen LogP contribution in [0.2, 0.25) is 0 Å². The molecule has 1 N–H and O–H groups in total. The SMILES string of the molecule is COc1c(F)c(Br)cc(CC(C)(C)C(=O)O)c1F. The molecule has 0 spiro atoms. The number of hydrogen-bond acceptors (Lipinski definition) is 2. The van der Waals surface area contributed by atoms with Gasteiger partial charge in [0, 0.05) is 0 Å². The van der Waals surface area contributed by atoms with Crippen LogP contribution in [0.5, 0.6) is 5.75 Å². The molecule has 0 bridgehead atoms. The molecular formula is C12H13BrF2O3. The Labute approximate surface area is 112 Å². The second kappa shape index (κ2) is 5.22. The van der Waals surface area contributed by atoms with Crippen molar-refractivity contribution in [2.45, 2.75) is 20.3 Å². The predicted octanol–water partition coefficient (Wildman–Crippen LogP) is 3.39. The van der Waals surface area contributed by atoms with Gasteiger partial charge in [-0.25, -0.2) is 8.78 Å². The molecule has 1 rings (SSSR count). The van der Waals surface area contributed by atoms with Crippen molar-refractivity contribution in [2.75, 3.05) is 7.11 Å². The van der Waals surface area contributed by atoms with Crippen LogP contribution < -0.4 is 4.74 Å². The standard InChI is InChI=1S/C12H13BrF2O3/c1-12(2,11(16)17)5-6-4-7(13)9(15)10(18-3)8(6)14/h4H,5H2,1-3H3,(H,16,17). The number of ether oxygens (including phenoxy) is 1. The first kappa shape index (κ1) is 14.9. The highest BCUT2D eigenvalue weighted by Gasteiger charge is 2.30. The van der Waals surface area contributed by atoms with Crippen molar-refractivity contribution in [1.82, 2.24) is 0 Å². The molecule has 0 aliphatic heterocycles. The minimum absolute atomic E-state index is 0.0388. The largest absolute Gasteiger partial charge is 0.491 e. The lowest BCUT2D eigenvalue weighted by Gasteiger charge is -2.20. The second-order valence-electron chi connectivity index (χ2n) is 4.54. The fourth-order valence-corrected chi connectivity index (χ4v) is 1.95. The van der Waals surface area contributed by atoms with Crippen LogP contribution >= 0.6 is 15.9 Å². The summed E-state index contributed by atoms with van der Waals surface area (Å²) in [5.41, 5.74) is -1.06. The zero-order chi connectivity index (χ0) is 14.1. The number of aliphatic carboxylic acids is 1.